The van der Waals surface area contributed by atoms with Crippen LogP contribution < -0.4 is 5.32 Å². The molecular weight excluding hydrogens is 314 g/mol. The van der Waals surface area contributed by atoms with Gasteiger partial charge in [-0.1, -0.05) is 6.07 Å². The van der Waals surface area contributed by atoms with E-state index in [0.29, 0.717) is 5.92 Å². The highest BCUT2D eigenvalue weighted by Gasteiger charge is 2.26. The number of hydrogen-bond donors (Lipinski definition) is 1. The van der Waals surface area contributed by atoms with Crippen molar-refractivity contribution in [2.45, 2.75) is 38.4 Å². The molecule has 130 valence electrons. The summed E-state index contributed by atoms with van der Waals surface area (Å²) >= 11 is 0. The van der Waals surface area contributed by atoms with Crippen LogP contribution in [-0.4, -0.2) is 48.9 Å². The molecule has 1 N–H and O–H groups in total. The van der Waals surface area contributed by atoms with Crippen LogP contribution in [0, 0.1) is 0 Å². The first kappa shape index (κ1) is 15.0. The van der Waals surface area contributed by atoms with Gasteiger partial charge in [-0.25, -0.2) is 0 Å². The normalized spacial score (nSPS) is 21.5. The van der Waals surface area contributed by atoms with Crippen molar-refractivity contribution in [1.82, 2.24) is 34.6 Å². The molecule has 5 heterocycles. The van der Waals surface area contributed by atoms with Gasteiger partial charge in [-0.3, -0.25) is 14.0 Å². The fraction of sp³-hybridized carbons (Fsp3) is 0.500. The topological polar surface area (TPSA) is 63.3 Å². The van der Waals surface area contributed by atoms with E-state index in [4.69, 9.17) is 5.10 Å². The van der Waals surface area contributed by atoms with Crippen molar-refractivity contribution < 1.29 is 0 Å². The number of aromatic nitrogens is 5. The number of nitrogens with zero attached hydrogens (tertiary/aromatic N) is 6. The molecule has 0 saturated carbocycles. The van der Waals surface area contributed by atoms with Gasteiger partial charge in [0.05, 0.1) is 17.9 Å². The molecule has 3 aromatic heterocycles. The van der Waals surface area contributed by atoms with Crippen molar-refractivity contribution in [2.75, 3.05) is 19.6 Å². The Morgan fingerprint density at radius 2 is 2.20 bits per heavy atom. The molecule has 0 bridgehead atoms. The van der Waals surface area contributed by atoms with E-state index < -0.39 is 0 Å². The Morgan fingerprint density at radius 1 is 1.20 bits per heavy atom. The summed E-state index contributed by atoms with van der Waals surface area (Å²) in [5, 5.41) is 17.0. The maximum Gasteiger partial charge on any atom is 0.160 e. The maximum absolute atomic E-state index is 4.78. The lowest BCUT2D eigenvalue weighted by atomic mass is 9.97. The number of piperidine rings is 1. The zero-order valence-electron chi connectivity index (χ0n) is 14.3. The molecule has 7 nitrogen and oxygen atoms in total. The smallest absolute Gasteiger partial charge is 0.160 e. The Bertz CT molecular complexity index is 857. The van der Waals surface area contributed by atoms with E-state index in [1.807, 2.05) is 18.2 Å². The molecule has 25 heavy (non-hydrogen) atoms. The summed E-state index contributed by atoms with van der Waals surface area (Å²) < 4.78 is 4.29. The molecule has 0 spiro atoms. The lowest BCUT2D eigenvalue weighted by Gasteiger charge is -2.31. The Hall–Kier alpha value is -2.25. The van der Waals surface area contributed by atoms with Crippen molar-refractivity contribution in [3.05, 3.63) is 47.7 Å². The van der Waals surface area contributed by atoms with Crippen LogP contribution in [0.15, 0.2) is 30.5 Å². The first-order valence-electron chi connectivity index (χ1n) is 9.15. The first-order chi connectivity index (χ1) is 12.4. The van der Waals surface area contributed by atoms with Gasteiger partial charge in [-0.2, -0.15) is 5.10 Å². The van der Waals surface area contributed by atoms with Crippen LogP contribution in [0.1, 0.15) is 36.0 Å². The van der Waals surface area contributed by atoms with Crippen LogP contribution in [-0.2, 0) is 19.6 Å². The average Bonchev–Trinajstić information content (AvgIpc) is 3.25. The average molecular weight is 337 g/mol. The highest BCUT2D eigenvalue weighted by atomic mass is 15.3. The van der Waals surface area contributed by atoms with Gasteiger partial charge >= 0.3 is 0 Å². The minimum Gasteiger partial charge on any atom is -0.309 e. The van der Waals surface area contributed by atoms with Crippen LogP contribution in [0.25, 0.3) is 5.65 Å². The van der Waals surface area contributed by atoms with Crippen LogP contribution in [0.5, 0.6) is 0 Å². The SMILES string of the molecule is c1ccn2c([C@H]3CCCN(Cc4cc5n(n4)CCNC5)C3)nnc2c1. The van der Waals surface area contributed by atoms with Crippen LogP contribution in [0.2, 0.25) is 0 Å². The summed E-state index contributed by atoms with van der Waals surface area (Å²) in [4.78, 5) is 2.51. The standard InChI is InChI=1S/C18H23N7/c1-2-8-24-17(5-1)20-21-18(24)14-4-3-7-23(12-14)13-15-10-16-11-19-6-9-25(16)22-15/h1-2,5,8,10,14,19H,3-4,6-7,9,11-13H2/t14-/m0/s1. The second-order valence-corrected chi connectivity index (χ2v) is 7.09. The van der Waals surface area contributed by atoms with Gasteiger partial charge < -0.3 is 5.32 Å². The predicted molar refractivity (Wildman–Crippen MR) is 94.2 cm³/mol. The van der Waals surface area contributed by atoms with Crippen LogP contribution in [0.3, 0.4) is 0 Å². The Kier molecular flexibility index (Phi) is 3.75. The zero-order chi connectivity index (χ0) is 16.6. The second-order valence-electron chi connectivity index (χ2n) is 7.09. The minimum absolute atomic E-state index is 0.435. The molecule has 0 aliphatic carbocycles. The number of nitrogens with one attached hydrogen (secondary N) is 1. The van der Waals surface area contributed by atoms with Gasteiger partial charge in [0, 0.05) is 38.3 Å². The fourth-order valence-electron chi connectivity index (χ4n) is 4.11. The summed E-state index contributed by atoms with van der Waals surface area (Å²) in [6.45, 7) is 6.00. The highest BCUT2D eigenvalue weighted by Crippen LogP contribution is 2.27. The van der Waals surface area contributed by atoms with Gasteiger partial charge in [0.25, 0.3) is 0 Å². The summed E-state index contributed by atoms with van der Waals surface area (Å²) in [5.74, 6) is 1.53. The van der Waals surface area contributed by atoms with E-state index in [-0.39, 0.29) is 0 Å². The van der Waals surface area contributed by atoms with Gasteiger partial charge in [0.1, 0.15) is 5.82 Å². The fourth-order valence-corrected chi connectivity index (χ4v) is 4.11. The van der Waals surface area contributed by atoms with Gasteiger partial charge in [-0.05, 0) is 37.6 Å². The summed E-state index contributed by atoms with van der Waals surface area (Å²) in [7, 11) is 0. The van der Waals surface area contributed by atoms with E-state index in [1.165, 1.54) is 24.2 Å². The Morgan fingerprint density at radius 3 is 3.16 bits per heavy atom. The molecule has 7 heteroatoms. The molecule has 3 aromatic rings. The monoisotopic (exact) mass is 337 g/mol. The van der Waals surface area contributed by atoms with Gasteiger partial charge in [-0.15, -0.1) is 10.2 Å². The van der Waals surface area contributed by atoms with Crippen molar-refractivity contribution in [1.29, 1.82) is 0 Å². The van der Waals surface area contributed by atoms with Crippen molar-refractivity contribution in [2.24, 2.45) is 0 Å². The number of likely N-dealkylation sites (tertiary alicyclic amines) is 1. The van der Waals surface area contributed by atoms with E-state index in [1.54, 1.807) is 0 Å². The highest BCUT2D eigenvalue weighted by molar-refractivity contribution is 5.37. The van der Waals surface area contributed by atoms with E-state index in [2.05, 4.69) is 41.8 Å². The molecular formula is C18H23N7. The van der Waals surface area contributed by atoms with E-state index in [0.717, 1.165) is 50.7 Å². The number of pyridine rings is 1. The summed E-state index contributed by atoms with van der Waals surface area (Å²) in [6, 6.07) is 8.32. The van der Waals surface area contributed by atoms with Crippen molar-refractivity contribution in [3.63, 3.8) is 0 Å². The number of hydrogen-bond acceptors (Lipinski definition) is 5. The minimum atomic E-state index is 0.435. The molecule has 0 aromatic carbocycles. The molecule has 1 saturated heterocycles. The number of fused-ring (bicyclic) bond motifs is 2. The number of rotatable bonds is 3. The third-order valence-corrected chi connectivity index (χ3v) is 5.32. The third-order valence-electron chi connectivity index (χ3n) is 5.32. The van der Waals surface area contributed by atoms with E-state index in [9.17, 15) is 0 Å². The predicted octanol–water partition coefficient (Wildman–Crippen LogP) is 1.41. The maximum atomic E-state index is 4.78. The molecule has 1 atom stereocenters. The Balaban J connectivity index is 1.33. The summed E-state index contributed by atoms with van der Waals surface area (Å²) in [5.41, 5.74) is 3.42. The summed E-state index contributed by atoms with van der Waals surface area (Å²) in [6.07, 6.45) is 4.44. The first-order valence-corrected chi connectivity index (χ1v) is 9.15. The third kappa shape index (κ3) is 2.83. The zero-order valence-corrected chi connectivity index (χ0v) is 14.3. The molecule has 0 radical (unpaired) electrons. The Labute approximate surface area is 146 Å². The van der Waals surface area contributed by atoms with Crippen molar-refractivity contribution in [3.8, 4) is 0 Å². The molecule has 1 fully saturated rings. The molecule has 2 aliphatic heterocycles. The molecule has 0 amide bonds. The van der Waals surface area contributed by atoms with Crippen molar-refractivity contribution >= 4 is 5.65 Å². The van der Waals surface area contributed by atoms with Gasteiger partial charge in [0.2, 0.25) is 0 Å². The largest absolute Gasteiger partial charge is 0.309 e. The molecule has 2 aliphatic rings. The van der Waals surface area contributed by atoms with Gasteiger partial charge in [0.15, 0.2) is 5.65 Å². The van der Waals surface area contributed by atoms with E-state index >= 15 is 0 Å². The molecule has 5 rings (SSSR count). The van der Waals surface area contributed by atoms with Crippen LogP contribution >= 0.6 is 0 Å². The quantitative estimate of drug-likeness (QED) is 0.783. The lowest BCUT2D eigenvalue weighted by molar-refractivity contribution is 0.193. The molecule has 0 unspecified atom stereocenters. The second kappa shape index (κ2) is 6.24. The lowest BCUT2D eigenvalue weighted by Crippen LogP contribution is -2.34. The van der Waals surface area contributed by atoms with Crippen LogP contribution in [0.4, 0.5) is 0 Å².